The van der Waals surface area contributed by atoms with E-state index < -0.39 is 11.8 Å². The average Bonchev–Trinajstić information content (AvgIpc) is 2.71. The normalized spacial score (nSPS) is 24.1. The summed E-state index contributed by atoms with van der Waals surface area (Å²) in [5.74, 6) is -1.01. The van der Waals surface area contributed by atoms with Crippen molar-refractivity contribution in [2.24, 2.45) is 0 Å². The van der Waals surface area contributed by atoms with Crippen molar-refractivity contribution in [2.45, 2.75) is 33.0 Å². The summed E-state index contributed by atoms with van der Waals surface area (Å²) in [6.07, 6.45) is -0.0972. The lowest BCUT2D eigenvalue weighted by Crippen LogP contribution is -2.51. The fourth-order valence-corrected chi connectivity index (χ4v) is 3.16. The third kappa shape index (κ3) is 2.86. The standard InChI is InChI=1S/C17H20N2O4/c1-10-4-5-13-14(6-10)17(22)19(16(13)21)9-15(20)18-7-11(2)23-12(3)8-18/h4-6,11-12H,7-9H2,1-3H3. The third-order valence-corrected chi connectivity index (χ3v) is 4.19. The number of fused-ring (bicyclic) bond motifs is 1. The van der Waals surface area contributed by atoms with Gasteiger partial charge in [-0.25, -0.2) is 0 Å². The molecule has 0 N–H and O–H groups in total. The van der Waals surface area contributed by atoms with Crippen LogP contribution in [0.15, 0.2) is 18.2 Å². The summed E-state index contributed by atoms with van der Waals surface area (Å²) >= 11 is 0. The minimum Gasteiger partial charge on any atom is -0.372 e. The Bertz CT molecular complexity index is 675. The molecule has 0 saturated carbocycles. The molecule has 6 nitrogen and oxygen atoms in total. The van der Waals surface area contributed by atoms with Crippen LogP contribution >= 0.6 is 0 Å². The fourth-order valence-electron chi connectivity index (χ4n) is 3.16. The third-order valence-electron chi connectivity index (χ3n) is 4.19. The van der Waals surface area contributed by atoms with Gasteiger partial charge in [0.1, 0.15) is 6.54 Å². The van der Waals surface area contributed by atoms with Gasteiger partial charge in [-0.05, 0) is 32.9 Å². The molecule has 0 spiro atoms. The molecule has 0 bridgehead atoms. The van der Waals surface area contributed by atoms with Crippen molar-refractivity contribution in [1.29, 1.82) is 0 Å². The molecule has 1 saturated heterocycles. The van der Waals surface area contributed by atoms with Gasteiger partial charge in [0.15, 0.2) is 0 Å². The van der Waals surface area contributed by atoms with Crippen LogP contribution in [-0.4, -0.2) is 59.4 Å². The number of aryl methyl sites for hydroxylation is 1. The molecular formula is C17H20N2O4. The number of morpholine rings is 1. The maximum Gasteiger partial charge on any atom is 0.262 e. The Kier molecular flexibility index (Phi) is 3.93. The van der Waals surface area contributed by atoms with Gasteiger partial charge in [-0.15, -0.1) is 0 Å². The van der Waals surface area contributed by atoms with Crippen molar-refractivity contribution in [3.05, 3.63) is 34.9 Å². The number of amides is 3. The Morgan fingerprint density at radius 1 is 1.13 bits per heavy atom. The number of nitrogens with zero attached hydrogens (tertiary/aromatic N) is 2. The van der Waals surface area contributed by atoms with Gasteiger partial charge in [0.05, 0.1) is 23.3 Å². The van der Waals surface area contributed by atoms with Crippen LogP contribution in [0, 0.1) is 6.92 Å². The van der Waals surface area contributed by atoms with Gasteiger partial charge in [0.2, 0.25) is 5.91 Å². The van der Waals surface area contributed by atoms with Crippen molar-refractivity contribution < 1.29 is 19.1 Å². The van der Waals surface area contributed by atoms with E-state index in [1.807, 2.05) is 20.8 Å². The van der Waals surface area contributed by atoms with Gasteiger partial charge in [-0.3, -0.25) is 19.3 Å². The smallest absolute Gasteiger partial charge is 0.262 e. The van der Waals surface area contributed by atoms with E-state index >= 15 is 0 Å². The largest absolute Gasteiger partial charge is 0.372 e. The van der Waals surface area contributed by atoms with Crippen LogP contribution in [0.3, 0.4) is 0 Å². The van der Waals surface area contributed by atoms with E-state index in [-0.39, 0.29) is 24.7 Å². The predicted octanol–water partition coefficient (Wildman–Crippen LogP) is 1.23. The van der Waals surface area contributed by atoms with Crippen LogP contribution in [-0.2, 0) is 9.53 Å². The molecule has 0 aliphatic carbocycles. The fraction of sp³-hybridized carbons (Fsp3) is 0.471. The summed E-state index contributed by atoms with van der Waals surface area (Å²) in [6.45, 7) is 6.41. The van der Waals surface area contributed by atoms with Gasteiger partial charge < -0.3 is 9.64 Å². The van der Waals surface area contributed by atoms with Gasteiger partial charge in [0.25, 0.3) is 11.8 Å². The Morgan fingerprint density at radius 3 is 2.39 bits per heavy atom. The van der Waals surface area contributed by atoms with E-state index in [0.29, 0.717) is 24.2 Å². The van der Waals surface area contributed by atoms with Crippen LogP contribution < -0.4 is 0 Å². The second kappa shape index (κ2) is 5.77. The second-order valence-corrected chi connectivity index (χ2v) is 6.30. The molecule has 0 aromatic heterocycles. The Labute approximate surface area is 135 Å². The number of rotatable bonds is 2. The molecule has 2 heterocycles. The molecule has 0 radical (unpaired) electrons. The SMILES string of the molecule is Cc1ccc2c(c1)C(=O)N(CC(=O)N1CC(C)OC(C)C1)C2=O. The highest BCUT2D eigenvalue weighted by molar-refractivity contribution is 6.22. The Hall–Kier alpha value is -2.21. The summed E-state index contributed by atoms with van der Waals surface area (Å²) in [7, 11) is 0. The topological polar surface area (TPSA) is 66.9 Å². The van der Waals surface area contributed by atoms with Crippen molar-refractivity contribution in [2.75, 3.05) is 19.6 Å². The van der Waals surface area contributed by atoms with E-state index in [0.717, 1.165) is 10.5 Å². The number of hydrogen-bond acceptors (Lipinski definition) is 4. The zero-order valence-electron chi connectivity index (χ0n) is 13.5. The first-order chi connectivity index (χ1) is 10.9. The molecule has 122 valence electrons. The molecule has 6 heteroatoms. The Morgan fingerprint density at radius 2 is 1.74 bits per heavy atom. The van der Waals surface area contributed by atoms with E-state index in [9.17, 15) is 14.4 Å². The summed E-state index contributed by atoms with van der Waals surface area (Å²) in [6, 6.07) is 5.13. The maximum atomic E-state index is 12.5. The lowest BCUT2D eigenvalue weighted by atomic mass is 10.1. The minimum absolute atomic E-state index is 0.0486. The van der Waals surface area contributed by atoms with Crippen LogP contribution in [0.4, 0.5) is 0 Å². The quantitative estimate of drug-likeness (QED) is 0.770. The van der Waals surface area contributed by atoms with Crippen LogP contribution in [0.25, 0.3) is 0 Å². The zero-order valence-corrected chi connectivity index (χ0v) is 13.5. The second-order valence-electron chi connectivity index (χ2n) is 6.30. The molecule has 1 fully saturated rings. The lowest BCUT2D eigenvalue weighted by Gasteiger charge is -2.35. The van der Waals surface area contributed by atoms with E-state index in [2.05, 4.69) is 0 Å². The molecule has 2 aliphatic heterocycles. The monoisotopic (exact) mass is 316 g/mol. The highest BCUT2D eigenvalue weighted by Crippen LogP contribution is 2.24. The molecule has 3 amide bonds. The summed E-state index contributed by atoms with van der Waals surface area (Å²) < 4.78 is 5.60. The van der Waals surface area contributed by atoms with Gasteiger partial charge >= 0.3 is 0 Å². The molecule has 1 aromatic carbocycles. The average molecular weight is 316 g/mol. The molecule has 23 heavy (non-hydrogen) atoms. The first-order valence-electron chi connectivity index (χ1n) is 7.77. The lowest BCUT2D eigenvalue weighted by molar-refractivity contribution is -0.143. The van der Waals surface area contributed by atoms with Gasteiger partial charge in [0, 0.05) is 13.1 Å². The van der Waals surface area contributed by atoms with E-state index in [1.54, 1.807) is 23.1 Å². The van der Waals surface area contributed by atoms with Crippen molar-refractivity contribution in [3.63, 3.8) is 0 Å². The zero-order chi connectivity index (χ0) is 16.7. The highest BCUT2D eigenvalue weighted by atomic mass is 16.5. The number of carbonyl (C=O) groups is 3. The first-order valence-corrected chi connectivity index (χ1v) is 7.77. The van der Waals surface area contributed by atoms with Crippen LogP contribution in [0.2, 0.25) is 0 Å². The van der Waals surface area contributed by atoms with Crippen molar-refractivity contribution >= 4 is 17.7 Å². The number of hydrogen-bond donors (Lipinski definition) is 0. The van der Waals surface area contributed by atoms with E-state index in [4.69, 9.17) is 4.74 Å². The molecule has 2 atom stereocenters. The molecule has 1 aromatic rings. The van der Waals surface area contributed by atoms with Crippen molar-refractivity contribution in [1.82, 2.24) is 9.80 Å². The predicted molar refractivity (Wildman–Crippen MR) is 83.1 cm³/mol. The van der Waals surface area contributed by atoms with Crippen LogP contribution in [0.1, 0.15) is 40.1 Å². The molecule has 2 aliphatic rings. The summed E-state index contributed by atoms with van der Waals surface area (Å²) in [4.78, 5) is 40.0. The van der Waals surface area contributed by atoms with E-state index in [1.165, 1.54) is 0 Å². The van der Waals surface area contributed by atoms with Crippen molar-refractivity contribution in [3.8, 4) is 0 Å². The Balaban J connectivity index is 1.75. The number of ether oxygens (including phenoxy) is 1. The number of carbonyl (C=O) groups excluding carboxylic acids is 3. The minimum atomic E-state index is -0.396. The maximum absolute atomic E-state index is 12.5. The van der Waals surface area contributed by atoms with Gasteiger partial charge in [-0.2, -0.15) is 0 Å². The number of benzene rings is 1. The first kappa shape index (κ1) is 15.7. The molecular weight excluding hydrogens is 296 g/mol. The molecule has 2 unspecified atom stereocenters. The highest BCUT2D eigenvalue weighted by Gasteiger charge is 2.38. The molecule has 3 rings (SSSR count). The van der Waals surface area contributed by atoms with Gasteiger partial charge in [-0.1, -0.05) is 11.6 Å². The van der Waals surface area contributed by atoms with Crippen LogP contribution in [0.5, 0.6) is 0 Å². The summed E-state index contributed by atoms with van der Waals surface area (Å²) in [5, 5.41) is 0. The summed E-state index contributed by atoms with van der Waals surface area (Å²) in [5.41, 5.74) is 1.66. The number of imide groups is 1.